The molecule has 0 aliphatic rings. The number of fused-ring (bicyclic) bond motifs is 1. The third kappa shape index (κ3) is 2.71. The maximum Gasteiger partial charge on any atom is 0.182 e. The molecule has 0 aliphatic carbocycles. The minimum absolute atomic E-state index is 0.256. The highest BCUT2D eigenvalue weighted by Crippen LogP contribution is 2.16. The van der Waals surface area contributed by atoms with E-state index >= 15 is 0 Å². The van der Waals surface area contributed by atoms with Crippen LogP contribution in [0.2, 0.25) is 0 Å². The smallest absolute Gasteiger partial charge is 0.182 e. The van der Waals surface area contributed by atoms with Crippen LogP contribution in [0.25, 0.3) is 11.2 Å². The van der Waals surface area contributed by atoms with Gasteiger partial charge < -0.3 is 15.0 Å². The van der Waals surface area contributed by atoms with Gasteiger partial charge in [0.05, 0.1) is 19.0 Å². The summed E-state index contributed by atoms with van der Waals surface area (Å²) in [5, 5.41) is 3.36. The standard InChI is InChI=1S/C11H17N5O/c1-3-4-8(5-17-2)16-11-9-10(13-6-12-9)14-7-15-11/h6-8H,3-5H2,1-2H3,(H2,12,13,14,15,16). The van der Waals surface area contributed by atoms with Crippen molar-refractivity contribution in [2.75, 3.05) is 19.0 Å². The summed E-state index contributed by atoms with van der Waals surface area (Å²) in [5.41, 5.74) is 1.51. The van der Waals surface area contributed by atoms with Gasteiger partial charge in [-0.15, -0.1) is 0 Å². The second kappa shape index (κ2) is 5.58. The van der Waals surface area contributed by atoms with E-state index in [-0.39, 0.29) is 6.04 Å². The molecule has 0 amide bonds. The Balaban J connectivity index is 2.18. The molecular weight excluding hydrogens is 218 g/mol. The summed E-state index contributed by atoms with van der Waals surface area (Å²) < 4.78 is 5.19. The highest BCUT2D eigenvalue weighted by atomic mass is 16.5. The lowest BCUT2D eigenvalue weighted by atomic mass is 10.2. The van der Waals surface area contributed by atoms with Crippen LogP contribution in [0.15, 0.2) is 12.7 Å². The first-order valence-corrected chi connectivity index (χ1v) is 5.74. The molecule has 0 fully saturated rings. The van der Waals surface area contributed by atoms with E-state index in [2.05, 4.69) is 32.2 Å². The molecule has 0 saturated heterocycles. The molecule has 2 aromatic rings. The monoisotopic (exact) mass is 235 g/mol. The highest BCUT2D eigenvalue weighted by molar-refractivity contribution is 5.82. The van der Waals surface area contributed by atoms with E-state index in [4.69, 9.17) is 4.74 Å². The maximum absolute atomic E-state index is 5.19. The summed E-state index contributed by atoms with van der Waals surface area (Å²) in [6, 6.07) is 0.256. The van der Waals surface area contributed by atoms with Gasteiger partial charge in [0.25, 0.3) is 0 Å². The predicted octanol–water partition coefficient (Wildman–Crippen LogP) is 1.58. The number of aromatic nitrogens is 4. The Morgan fingerprint density at radius 3 is 3.06 bits per heavy atom. The molecule has 0 bridgehead atoms. The highest BCUT2D eigenvalue weighted by Gasteiger charge is 2.11. The number of methoxy groups -OCH3 is 1. The van der Waals surface area contributed by atoms with Crippen LogP contribution in [0.5, 0.6) is 0 Å². The fraction of sp³-hybridized carbons (Fsp3) is 0.545. The van der Waals surface area contributed by atoms with Gasteiger partial charge in [0.15, 0.2) is 11.5 Å². The van der Waals surface area contributed by atoms with E-state index in [9.17, 15) is 0 Å². The summed E-state index contributed by atoms with van der Waals surface area (Å²) in [6.45, 7) is 2.81. The minimum Gasteiger partial charge on any atom is -0.383 e. The average Bonchev–Trinajstić information content (AvgIpc) is 2.79. The van der Waals surface area contributed by atoms with Gasteiger partial charge >= 0.3 is 0 Å². The van der Waals surface area contributed by atoms with Crippen molar-refractivity contribution >= 4 is 17.0 Å². The van der Waals surface area contributed by atoms with Crippen LogP contribution >= 0.6 is 0 Å². The van der Waals surface area contributed by atoms with Gasteiger partial charge in [0, 0.05) is 7.11 Å². The molecular formula is C11H17N5O. The van der Waals surface area contributed by atoms with Crippen LogP contribution in [0.3, 0.4) is 0 Å². The number of hydrogen-bond acceptors (Lipinski definition) is 5. The van der Waals surface area contributed by atoms with Crippen LogP contribution in [-0.4, -0.2) is 39.7 Å². The summed E-state index contributed by atoms with van der Waals surface area (Å²) in [7, 11) is 1.70. The minimum atomic E-state index is 0.256. The van der Waals surface area contributed by atoms with Crippen molar-refractivity contribution in [3.8, 4) is 0 Å². The van der Waals surface area contributed by atoms with Crippen molar-refractivity contribution in [2.45, 2.75) is 25.8 Å². The summed E-state index contributed by atoms with van der Waals surface area (Å²) in [6.07, 6.45) is 5.27. The summed E-state index contributed by atoms with van der Waals surface area (Å²) in [4.78, 5) is 15.4. The van der Waals surface area contributed by atoms with Crippen LogP contribution in [-0.2, 0) is 4.74 Å². The summed E-state index contributed by atoms with van der Waals surface area (Å²) >= 11 is 0. The van der Waals surface area contributed by atoms with E-state index in [1.54, 1.807) is 13.4 Å². The summed E-state index contributed by atoms with van der Waals surface area (Å²) in [5.74, 6) is 0.781. The van der Waals surface area contributed by atoms with Gasteiger partial charge in [0.1, 0.15) is 11.8 Å². The molecule has 6 heteroatoms. The number of nitrogens with one attached hydrogen (secondary N) is 2. The molecule has 2 aromatic heterocycles. The van der Waals surface area contributed by atoms with E-state index in [1.807, 2.05) is 0 Å². The Kier molecular flexibility index (Phi) is 3.87. The van der Waals surface area contributed by atoms with Crippen molar-refractivity contribution in [2.24, 2.45) is 0 Å². The van der Waals surface area contributed by atoms with Crippen LogP contribution in [0, 0.1) is 0 Å². The maximum atomic E-state index is 5.19. The zero-order chi connectivity index (χ0) is 12.1. The normalized spacial score (nSPS) is 12.8. The number of nitrogens with zero attached hydrogens (tertiary/aromatic N) is 3. The lowest BCUT2D eigenvalue weighted by Crippen LogP contribution is -2.25. The Bertz CT molecular complexity index is 464. The van der Waals surface area contributed by atoms with Gasteiger partial charge in [-0.3, -0.25) is 0 Å². The molecule has 1 atom stereocenters. The topological polar surface area (TPSA) is 75.7 Å². The molecule has 0 aromatic carbocycles. The van der Waals surface area contributed by atoms with Crippen molar-refractivity contribution < 1.29 is 4.74 Å². The molecule has 92 valence electrons. The largest absolute Gasteiger partial charge is 0.383 e. The second-order valence-corrected chi connectivity index (χ2v) is 3.91. The number of hydrogen-bond donors (Lipinski definition) is 2. The van der Waals surface area contributed by atoms with Gasteiger partial charge in [-0.05, 0) is 6.42 Å². The van der Waals surface area contributed by atoms with Crippen molar-refractivity contribution in [3.63, 3.8) is 0 Å². The molecule has 6 nitrogen and oxygen atoms in total. The van der Waals surface area contributed by atoms with Crippen LogP contribution in [0.1, 0.15) is 19.8 Å². The molecule has 17 heavy (non-hydrogen) atoms. The predicted molar refractivity (Wildman–Crippen MR) is 65.9 cm³/mol. The Morgan fingerprint density at radius 2 is 2.29 bits per heavy atom. The van der Waals surface area contributed by atoms with E-state index in [0.29, 0.717) is 12.3 Å². The number of H-pyrrole nitrogens is 1. The first-order valence-electron chi connectivity index (χ1n) is 5.74. The average molecular weight is 235 g/mol. The lowest BCUT2D eigenvalue weighted by Gasteiger charge is -2.17. The number of aromatic amines is 1. The quantitative estimate of drug-likeness (QED) is 0.795. The van der Waals surface area contributed by atoms with Crippen molar-refractivity contribution in [3.05, 3.63) is 12.7 Å². The fourth-order valence-electron chi connectivity index (χ4n) is 1.81. The Morgan fingerprint density at radius 1 is 1.41 bits per heavy atom. The lowest BCUT2D eigenvalue weighted by molar-refractivity contribution is 0.182. The molecule has 0 spiro atoms. The van der Waals surface area contributed by atoms with Crippen LogP contribution < -0.4 is 5.32 Å². The number of imidazole rings is 1. The molecule has 2 heterocycles. The number of anilines is 1. The third-order valence-corrected chi connectivity index (χ3v) is 2.57. The Labute approximate surface area is 99.8 Å². The van der Waals surface area contributed by atoms with E-state index < -0.39 is 0 Å². The van der Waals surface area contributed by atoms with E-state index in [1.165, 1.54) is 6.33 Å². The van der Waals surface area contributed by atoms with Gasteiger partial charge in [-0.2, -0.15) is 0 Å². The molecule has 1 unspecified atom stereocenters. The van der Waals surface area contributed by atoms with Crippen LogP contribution in [0.4, 0.5) is 5.82 Å². The SMILES string of the molecule is CCCC(COC)Nc1ncnc2nc[nH]c12. The zero-order valence-electron chi connectivity index (χ0n) is 10.1. The van der Waals surface area contributed by atoms with Gasteiger partial charge in [-0.1, -0.05) is 13.3 Å². The zero-order valence-corrected chi connectivity index (χ0v) is 10.1. The third-order valence-electron chi connectivity index (χ3n) is 2.57. The number of rotatable bonds is 6. The molecule has 0 aliphatic heterocycles. The number of ether oxygens (including phenoxy) is 1. The first kappa shape index (κ1) is 11.8. The molecule has 0 saturated carbocycles. The molecule has 2 rings (SSSR count). The fourth-order valence-corrected chi connectivity index (χ4v) is 1.81. The second-order valence-electron chi connectivity index (χ2n) is 3.91. The first-order chi connectivity index (χ1) is 8.35. The van der Waals surface area contributed by atoms with Gasteiger partial charge in [-0.25, -0.2) is 15.0 Å². The van der Waals surface area contributed by atoms with Crippen molar-refractivity contribution in [1.29, 1.82) is 0 Å². The molecule has 0 radical (unpaired) electrons. The van der Waals surface area contributed by atoms with Gasteiger partial charge in [0.2, 0.25) is 0 Å². The Hall–Kier alpha value is -1.69. The van der Waals surface area contributed by atoms with E-state index in [0.717, 1.165) is 24.2 Å². The molecule has 2 N–H and O–H groups in total. The van der Waals surface area contributed by atoms with Crippen molar-refractivity contribution in [1.82, 2.24) is 19.9 Å².